The van der Waals surface area contributed by atoms with Crippen molar-refractivity contribution in [3.63, 3.8) is 0 Å². The first-order valence-corrected chi connectivity index (χ1v) is 7.93. The smallest absolute Gasteiger partial charge is 0.291 e. The number of anilines is 2. The molecule has 4 nitrogen and oxygen atoms in total. The van der Waals surface area contributed by atoms with Crippen LogP contribution in [-0.2, 0) is 0 Å². The minimum atomic E-state index is -0.400. The topological polar surface area (TPSA) is 68.3 Å². The molecule has 0 aliphatic rings. The molecule has 0 saturated heterocycles. The molecule has 0 saturated carbocycles. The van der Waals surface area contributed by atoms with Crippen LogP contribution in [0.2, 0.25) is 10.0 Å². The molecule has 2 aromatic carbocycles. The van der Waals surface area contributed by atoms with Gasteiger partial charge in [-0.1, -0.05) is 35.3 Å². The summed E-state index contributed by atoms with van der Waals surface area (Å²) in [5, 5.41) is 3.67. The summed E-state index contributed by atoms with van der Waals surface area (Å²) < 4.78 is 5.62. The number of nitrogens with one attached hydrogen (secondary N) is 1. The van der Waals surface area contributed by atoms with E-state index >= 15 is 0 Å². The number of nitrogen functional groups attached to an aromatic ring is 1. The largest absolute Gasteiger partial charge is 0.451 e. The molecule has 0 radical (unpaired) electrons. The van der Waals surface area contributed by atoms with E-state index in [-0.39, 0.29) is 5.76 Å². The summed E-state index contributed by atoms with van der Waals surface area (Å²) in [5.41, 5.74) is 8.26. The van der Waals surface area contributed by atoms with Crippen molar-refractivity contribution in [3.05, 3.63) is 69.9 Å². The Bertz CT molecular complexity index is 896. The third-order valence-electron chi connectivity index (χ3n) is 3.52. The van der Waals surface area contributed by atoms with Gasteiger partial charge >= 0.3 is 0 Å². The van der Waals surface area contributed by atoms with E-state index in [0.717, 1.165) is 11.1 Å². The average molecular weight is 361 g/mol. The Morgan fingerprint density at radius 3 is 2.54 bits per heavy atom. The molecule has 1 amide bonds. The zero-order valence-corrected chi connectivity index (χ0v) is 14.3. The highest BCUT2D eigenvalue weighted by Gasteiger charge is 2.16. The number of halogens is 2. The van der Waals surface area contributed by atoms with Crippen LogP contribution in [0.1, 0.15) is 16.1 Å². The molecule has 0 bridgehead atoms. The Labute approximate surface area is 149 Å². The molecule has 6 heteroatoms. The van der Waals surface area contributed by atoms with Gasteiger partial charge in [-0.2, -0.15) is 0 Å². The molecule has 0 fully saturated rings. The zero-order valence-electron chi connectivity index (χ0n) is 12.8. The molecule has 0 unspecified atom stereocenters. The number of benzene rings is 2. The van der Waals surface area contributed by atoms with Crippen molar-refractivity contribution in [2.24, 2.45) is 0 Å². The minimum absolute atomic E-state index is 0.164. The van der Waals surface area contributed by atoms with Gasteiger partial charge in [0.25, 0.3) is 5.91 Å². The van der Waals surface area contributed by atoms with Crippen LogP contribution in [0.3, 0.4) is 0 Å². The fraction of sp³-hybridized carbons (Fsp3) is 0.0556. The molecule has 3 N–H and O–H groups in total. The van der Waals surface area contributed by atoms with E-state index < -0.39 is 5.91 Å². The number of furan rings is 1. The van der Waals surface area contributed by atoms with Gasteiger partial charge in [0.1, 0.15) is 5.76 Å². The van der Waals surface area contributed by atoms with Crippen LogP contribution in [-0.4, -0.2) is 5.91 Å². The summed E-state index contributed by atoms with van der Waals surface area (Å²) in [6.07, 6.45) is 0. The van der Waals surface area contributed by atoms with E-state index in [1.807, 2.05) is 25.1 Å². The quantitative estimate of drug-likeness (QED) is 0.614. The molecule has 3 rings (SSSR count). The maximum absolute atomic E-state index is 12.4. The fourth-order valence-electron chi connectivity index (χ4n) is 2.37. The molecule has 1 heterocycles. The molecule has 1 aromatic heterocycles. The van der Waals surface area contributed by atoms with Crippen LogP contribution in [0.4, 0.5) is 11.4 Å². The SMILES string of the molecule is Cc1cc(N)cc(Cl)c1NC(=O)c1ccc(-c2ccccc2Cl)o1. The van der Waals surface area contributed by atoms with Gasteiger partial charge < -0.3 is 15.5 Å². The van der Waals surface area contributed by atoms with E-state index in [1.165, 1.54) is 0 Å². The summed E-state index contributed by atoms with van der Waals surface area (Å²) in [5.74, 6) is 0.283. The van der Waals surface area contributed by atoms with E-state index in [1.54, 1.807) is 30.3 Å². The molecule has 0 aliphatic heterocycles. The molecule has 0 aliphatic carbocycles. The number of carbonyl (C=O) groups excluding carboxylic acids is 1. The molecule has 122 valence electrons. The van der Waals surface area contributed by atoms with Crippen LogP contribution in [0.5, 0.6) is 0 Å². The first-order chi connectivity index (χ1) is 11.5. The molecular weight excluding hydrogens is 347 g/mol. The average Bonchev–Trinajstić information content (AvgIpc) is 3.01. The Balaban J connectivity index is 1.86. The van der Waals surface area contributed by atoms with Crippen molar-refractivity contribution in [1.82, 2.24) is 0 Å². The van der Waals surface area contributed by atoms with Crippen molar-refractivity contribution < 1.29 is 9.21 Å². The number of rotatable bonds is 3. The van der Waals surface area contributed by atoms with E-state index in [4.69, 9.17) is 33.4 Å². The van der Waals surface area contributed by atoms with Crippen molar-refractivity contribution in [3.8, 4) is 11.3 Å². The summed E-state index contributed by atoms with van der Waals surface area (Å²) in [7, 11) is 0. The predicted octanol–water partition coefficient (Wildman–Crippen LogP) is 5.40. The summed E-state index contributed by atoms with van der Waals surface area (Å²) in [4.78, 5) is 12.4. The van der Waals surface area contributed by atoms with Crippen molar-refractivity contribution in [1.29, 1.82) is 0 Å². The lowest BCUT2D eigenvalue weighted by Gasteiger charge is -2.10. The van der Waals surface area contributed by atoms with Crippen LogP contribution < -0.4 is 11.1 Å². The molecule has 0 atom stereocenters. The number of nitrogens with two attached hydrogens (primary N) is 1. The lowest BCUT2D eigenvalue weighted by Crippen LogP contribution is -2.12. The normalized spacial score (nSPS) is 10.6. The molecular formula is C18H14Cl2N2O2. The standard InChI is InChI=1S/C18H14Cl2N2O2/c1-10-8-11(21)9-14(20)17(10)22-18(23)16-7-6-15(24-16)12-4-2-3-5-13(12)19/h2-9H,21H2,1H3,(H,22,23). The van der Waals surface area contributed by atoms with Crippen LogP contribution in [0.15, 0.2) is 52.9 Å². The Kier molecular flexibility index (Phi) is 4.51. The lowest BCUT2D eigenvalue weighted by atomic mass is 10.1. The number of hydrogen-bond donors (Lipinski definition) is 2. The summed E-state index contributed by atoms with van der Waals surface area (Å²) >= 11 is 12.3. The van der Waals surface area contributed by atoms with Gasteiger partial charge in [-0.25, -0.2) is 0 Å². The second-order valence-corrected chi connectivity index (χ2v) is 6.11. The van der Waals surface area contributed by atoms with Crippen molar-refractivity contribution in [2.45, 2.75) is 6.92 Å². The van der Waals surface area contributed by atoms with Gasteiger partial charge in [0.05, 0.1) is 15.7 Å². The van der Waals surface area contributed by atoms with Crippen LogP contribution in [0.25, 0.3) is 11.3 Å². The van der Waals surface area contributed by atoms with Gasteiger partial charge in [-0.15, -0.1) is 0 Å². The van der Waals surface area contributed by atoms with Crippen LogP contribution >= 0.6 is 23.2 Å². The van der Waals surface area contributed by atoms with E-state index in [0.29, 0.717) is 27.2 Å². The highest BCUT2D eigenvalue weighted by molar-refractivity contribution is 6.34. The Morgan fingerprint density at radius 2 is 1.83 bits per heavy atom. The molecule has 24 heavy (non-hydrogen) atoms. The second-order valence-electron chi connectivity index (χ2n) is 5.29. The van der Waals surface area contributed by atoms with Gasteiger partial charge in [-0.3, -0.25) is 4.79 Å². The highest BCUT2D eigenvalue weighted by Crippen LogP contribution is 2.31. The fourth-order valence-corrected chi connectivity index (χ4v) is 2.92. The zero-order chi connectivity index (χ0) is 17.3. The monoisotopic (exact) mass is 360 g/mol. The molecule has 0 spiro atoms. The van der Waals surface area contributed by atoms with Gasteiger partial charge in [-0.05, 0) is 48.9 Å². The summed E-state index contributed by atoms with van der Waals surface area (Å²) in [6, 6.07) is 13.9. The first-order valence-electron chi connectivity index (χ1n) is 7.17. The van der Waals surface area contributed by atoms with Gasteiger partial charge in [0.15, 0.2) is 5.76 Å². The number of carbonyl (C=O) groups is 1. The van der Waals surface area contributed by atoms with Crippen LogP contribution in [0, 0.1) is 6.92 Å². The Morgan fingerprint density at radius 1 is 1.08 bits per heavy atom. The number of aryl methyl sites for hydroxylation is 1. The van der Waals surface area contributed by atoms with Gasteiger partial charge in [0.2, 0.25) is 0 Å². The number of hydrogen-bond acceptors (Lipinski definition) is 3. The number of amides is 1. The van der Waals surface area contributed by atoms with Gasteiger partial charge in [0, 0.05) is 11.3 Å². The second kappa shape index (κ2) is 6.59. The summed E-state index contributed by atoms with van der Waals surface area (Å²) in [6.45, 7) is 1.81. The van der Waals surface area contributed by atoms with E-state index in [9.17, 15) is 4.79 Å². The first kappa shape index (κ1) is 16.4. The highest BCUT2D eigenvalue weighted by atomic mass is 35.5. The third kappa shape index (κ3) is 3.25. The lowest BCUT2D eigenvalue weighted by molar-refractivity contribution is 0.0997. The minimum Gasteiger partial charge on any atom is -0.451 e. The third-order valence-corrected chi connectivity index (χ3v) is 4.15. The maximum atomic E-state index is 12.4. The molecule has 3 aromatic rings. The van der Waals surface area contributed by atoms with E-state index in [2.05, 4.69) is 5.32 Å². The van der Waals surface area contributed by atoms with Crippen molar-refractivity contribution in [2.75, 3.05) is 11.1 Å². The Hall–Kier alpha value is -2.43. The predicted molar refractivity (Wildman–Crippen MR) is 97.7 cm³/mol. The van der Waals surface area contributed by atoms with Crippen molar-refractivity contribution >= 4 is 40.5 Å². The maximum Gasteiger partial charge on any atom is 0.291 e.